The van der Waals surface area contributed by atoms with Crippen LogP contribution in [0.1, 0.15) is 69.0 Å². The minimum absolute atomic E-state index is 0.0226. The molecule has 1 saturated carbocycles. The van der Waals surface area contributed by atoms with Crippen molar-refractivity contribution in [1.82, 2.24) is 9.55 Å². The average Bonchev–Trinajstić information content (AvgIpc) is 3.31. The van der Waals surface area contributed by atoms with Gasteiger partial charge in [0.1, 0.15) is 5.65 Å². The van der Waals surface area contributed by atoms with E-state index >= 15 is 0 Å². The number of nitrogens with zero attached hydrogens (tertiary/aromatic N) is 2. The summed E-state index contributed by atoms with van der Waals surface area (Å²) in [6.45, 7) is 4.04. The van der Waals surface area contributed by atoms with E-state index in [4.69, 9.17) is 0 Å². The number of H-pyrrole nitrogens is 1. The molecule has 0 radical (unpaired) electrons. The molecule has 3 aromatic carbocycles. The zero-order valence-corrected chi connectivity index (χ0v) is 22.6. The molecule has 1 fully saturated rings. The van der Waals surface area contributed by atoms with Crippen LogP contribution in [0.3, 0.4) is 0 Å². The van der Waals surface area contributed by atoms with Gasteiger partial charge in [-0.05, 0) is 71.8 Å². The molecule has 8 heteroatoms. The number of halogens is 1. The Bertz CT molecular complexity index is 1990. The fourth-order valence-corrected chi connectivity index (χ4v) is 6.67. The Morgan fingerprint density at radius 2 is 1.79 bits per heavy atom. The van der Waals surface area contributed by atoms with Gasteiger partial charge in [0.2, 0.25) is 0 Å². The van der Waals surface area contributed by atoms with Crippen molar-refractivity contribution in [2.45, 2.75) is 62.8 Å². The lowest BCUT2D eigenvalue weighted by atomic mass is 9.89. The summed E-state index contributed by atoms with van der Waals surface area (Å²) in [5.41, 5.74) is 4.90. The second-order valence-corrected chi connectivity index (χ2v) is 12.1. The Hall–Kier alpha value is -3.96. The smallest absolute Gasteiger partial charge is 0.332 e. The maximum absolute atomic E-state index is 14.1. The fraction of sp³-hybridized carbons (Fsp3) is 0.290. The highest BCUT2D eigenvalue weighted by Gasteiger charge is 2.25. The molecular weight excluding hydrogens is 513 g/mol. The molecule has 0 amide bonds. The molecule has 1 aliphatic rings. The van der Waals surface area contributed by atoms with Gasteiger partial charge < -0.3 is 9.55 Å². The van der Waals surface area contributed by atoms with Gasteiger partial charge in [0.25, 0.3) is 0 Å². The first kappa shape index (κ1) is 25.3. The highest BCUT2D eigenvalue weighted by Crippen LogP contribution is 2.39. The van der Waals surface area contributed by atoms with E-state index in [2.05, 4.69) is 15.6 Å². The van der Waals surface area contributed by atoms with Gasteiger partial charge in [0, 0.05) is 22.3 Å². The lowest BCUT2D eigenvalue weighted by Crippen LogP contribution is -2.18. The number of aromatic nitrogens is 2. The van der Waals surface area contributed by atoms with E-state index in [1.165, 1.54) is 24.6 Å². The molecule has 39 heavy (non-hydrogen) atoms. The summed E-state index contributed by atoms with van der Waals surface area (Å²) in [5, 5.41) is 11.4. The van der Waals surface area contributed by atoms with Gasteiger partial charge in [-0.1, -0.05) is 51.3 Å². The number of benzene rings is 3. The average molecular weight is 542 g/mol. The van der Waals surface area contributed by atoms with Gasteiger partial charge in [-0.3, -0.25) is 4.79 Å². The molecule has 1 aliphatic carbocycles. The van der Waals surface area contributed by atoms with Crippen LogP contribution in [-0.4, -0.2) is 18.0 Å². The van der Waals surface area contributed by atoms with Gasteiger partial charge in [0.05, 0.1) is 27.4 Å². The van der Waals surface area contributed by atoms with Crippen LogP contribution in [0.2, 0.25) is 0 Å². The molecule has 1 N–H and O–H groups in total. The summed E-state index contributed by atoms with van der Waals surface area (Å²) in [7, 11) is -4.87. The van der Waals surface area contributed by atoms with Gasteiger partial charge in [0.15, 0.2) is 5.43 Å². The minimum atomic E-state index is -4.87. The summed E-state index contributed by atoms with van der Waals surface area (Å²) in [5.74, 6) is 0.0226. The molecule has 0 spiro atoms. The Morgan fingerprint density at radius 3 is 2.49 bits per heavy atom. The predicted octanol–water partition coefficient (Wildman–Crippen LogP) is 7.46. The molecule has 0 atom stereocenters. The molecule has 2 heterocycles. The summed E-state index contributed by atoms with van der Waals surface area (Å²) in [4.78, 5) is 17.2. The van der Waals surface area contributed by atoms with E-state index < -0.39 is 10.2 Å². The highest BCUT2D eigenvalue weighted by atomic mass is 32.3. The number of nitrogens with one attached hydrogen (secondary N) is 1. The Balaban J connectivity index is 1.76. The van der Waals surface area contributed by atoms with Gasteiger partial charge in [-0.2, -0.15) is 13.7 Å². The number of rotatable bonds is 4. The predicted molar refractivity (Wildman–Crippen MR) is 152 cm³/mol. The number of pyridine rings is 1. The maximum Gasteiger partial charge on any atom is 0.332 e. The molecule has 0 aliphatic heterocycles. The standard InChI is InChI=1S/C31H28FN3O3S/c1-18(2)24-15-26-28(16-25(24)20-7-6-10-22(14-20)39(32,37)38)35(21-8-4-3-5-9-21)31-29(30(26)36)23-12-11-19(17-33)13-27(23)34-31/h6-7,10-16,18,21,34H,3-5,8-9H2,1-2H3. The monoisotopic (exact) mass is 541 g/mol. The van der Waals surface area contributed by atoms with Crippen LogP contribution in [0.15, 0.2) is 64.3 Å². The van der Waals surface area contributed by atoms with Crippen LogP contribution in [0, 0.1) is 11.3 Å². The lowest BCUT2D eigenvalue weighted by Gasteiger charge is -2.28. The van der Waals surface area contributed by atoms with Gasteiger partial charge >= 0.3 is 10.2 Å². The third-order valence-corrected chi connectivity index (χ3v) is 8.85. The largest absolute Gasteiger partial charge is 0.340 e. The molecule has 0 saturated heterocycles. The zero-order chi connectivity index (χ0) is 27.5. The molecule has 5 aromatic rings. The number of hydrogen-bond donors (Lipinski definition) is 1. The first-order valence-corrected chi connectivity index (χ1v) is 14.7. The number of hydrogen-bond acceptors (Lipinski definition) is 4. The van der Waals surface area contributed by atoms with Crippen LogP contribution in [0.5, 0.6) is 0 Å². The molecule has 2 aromatic heterocycles. The van der Waals surface area contributed by atoms with E-state index in [0.29, 0.717) is 21.9 Å². The molecule has 6 nitrogen and oxygen atoms in total. The van der Waals surface area contributed by atoms with E-state index in [9.17, 15) is 22.4 Å². The second kappa shape index (κ2) is 9.35. The number of fused-ring (bicyclic) bond motifs is 4. The summed E-state index contributed by atoms with van der Waals surface area (Å²) >= 11 is 0. The number of aromatic amines is 1. The number of nitriles is 1. The third-order valence-electron chi connectivity index (χ3n) is 8.04. The lowest BCUT2D eigenvalue weighted by molar-refractivity contribution is 0.365. The minimum Gasteiger partial charge on any atom is -0.340 e. The maximum atomic E-state index is 14.1. The van der Waals surface area contributed by atoms with Crippen molar-refractivity contribution in [3.05, 3.63) is 75.9 Å². The summed E-state index contributed by atoms with van der Waals surface area (Å²) in [6.07, 6.45) is 5.30. The van der Waals surface area contributed by atoms with Crippen molar-refractivity contribution in [2.24, 2.45) is 0 Å². The summed E-state index contributed by atoms with van der Waals surface area (Å²) < 4.78 is 39.5. The van der Waals surface area contributed by atoms with E-state index in [0.717, 1.165) is 58.9 Å². The zero-order valence-electron chi connectivity index (χ0n) is 21.8. The molecule has 0 unspecified atom stereocenters. The second-order valence-electron chi connectivity index (χ2n) is 10.8. The molecule has 198 valence electrons. The SMILES string of the molecule is CC(C)c1cc2c(=O)c3c4ccc(C#N)cc4[nH]c3n(C3CCCCC3)c2cc1-c1cccc(S(=O)(=O)F)c1. The van der Waals surface area contributed by atoms with Crippen molar-refractivity contribution >= 4 is 43.1 Å². The van der Waals surface area contributed by atoms with Crippen LogP contribution >= 0.6 is 0 Å². The van der Waals surface area contributed by atoms with Crippen LogP contribution in [0.4, 0.5) is 3.89 Å². The van der Waals surface area contributed by atoms with Crippen molar-refractivity contribution in [2.75, 3.05) is 0 Å². The van der Waals surface area contributed by atoms with Gasteiger partial charge in [-0.25, -0.2) is 0 Å². The molecule has 0 bridgehead atoms. The Morgan fingerprint density at radius 1 is 1.03 bits per heavy atom. The van der Waals surface area contributed by atoms with E-state index in [1.807, 2.05) is 32.0 Å². The normalized spacial score (nSPS) is 14.9. The third kappa shape index (κ3) is 4.22. The van der Waals surface area contributed by atoms with Crippen molar-refractivity contribution < 1.29 is 12.3 Å². The van der Waals surface area contributed by atoms with Crippen LogP contribution in [-0.2, 0) is 10.2 Å². The highest BCUT2D eigenvalue weighted by molar-refractivity contribution is 7.86. The molecular formula is C31H28FN3O3S. The van der Waals surface area contributed by atoms with Crippen molar-refractivity contribution in [3.63, 3.8) is 0 Å². The van der Waals surface area contributed by atoms with Gasteiger partial charge in [-0.15, -0.1) is 3.89 Å². The van der Waals surface area contributed by atoms with Crippen LogP contribution in [0.25, 0.3) is 44.0 Å². The first-order valence-electron chi connectivity index (χ1n) is 13.3. The van der Waals surface area contributed by atoms with E-state index in [-0.39, 0.29) is 22.3 Å². The molecule has 6 rings (SSSR count). The Kier molecular flexibility index (Phi) is 6.07. The van der Waals surface area contributed by atoms with Crippen molar-refractivity contribution in [1.29, 1.82) is 5.26 Å². The Labute approximate surface area is 225 Å². The van der Waals surface area contributed by atoms with E-state index in [1.54, 1.807) is 18.2 Å². The first-order chi connectivity index (χ1) is 18.7. The summed E-state index contributed by atoms with van der Waals surface area (Å²) in [6, 6.07) is 17.5. The quantitative estimate of drug-likeness (QED) is 0.239. The van der Waals surface area contributed by atoms with Crippen molar-refractivity contribution in [3.8, 4) is 17.2 Å². The fourth-order valence-electron chi connectivity index (χ4n) is 6.17. The van der Waals surface area contributed by atoms with Crippen LogP contribution < -0.4 is 5.43 Å². The topological polar surface area (TPSA) is 95.7 Å².